The van der Waals surface area contributed by atoms with Crippen molar-refractivity contribution >= 4 is 21.4 Å². The van der Waals surface area contributed by atoms with Gasteiger partial charge in [-0.3, -0.25) is 0 Å². The van der Waals surface area contributed by atoms with Crippen molar-refractivity contribution in [1.82, 2.24) is 10.0 Å². The summed E-state index contributed by atoms with van der Waals surface area (Å²) < 4.78 is 27.5. The zero-order valence-electron chi connectivity index (χ0n) is 12.4. The zero-order valence-corrected chi connectivity index (χ0v) is 14.0. The van der Waals surface area contributed by atoms with Crippen molar-refractivity contribution in [3.63, 3.8) is 0 Å². The third-order valence-corrected chi connectivity index (χ3v) is 6.13. The second-order valence-electron chi connectivity index (χ2n) is 6.14. The lowest BCUT2D eigenvalue weighted by Gasteiger charge is -2.25. The number of hydrogen-bond acceptors (Lipinski definition) is 4. The number of nitrogens with one attached hydrogen (secondary N) is 2. The Morgan fingerprint density at radius 2 is 2.10 bits per heavy atom. The molecule has 0 bridgehead atoms. The maximum absolute atomic E-state index is 12.4. The summed E-state index contributed by atoms with van der Waals surface area (Å²) in [5.74, 6) is 0. The summed E-state index contributed by atoms with van der Waals surface area (Å²) in [4.78, 5) is 1.46. The zero-order chi connectivity index (χ0) is 14.8. The molecule has 0 aliphatic heterocycles. The van der Waals surface area contributed by atoms with Gasteiger partial charge in [-0.15, -0.1) is 11.3 Å². The maximum atomic E-state index is 12.4. The summed E-state index contributed by atoms with van der Waals surface area (Å²) in [7, 11) is -3.41. The molecule has 114 valence electrons. The van der Waals surface area contributed by atoms with Crippen LogP contribution in [0.3, 0.4) is 0 Å². The highest BCUT2D eigenvalue weighted by Gasteiger charge is 2.26. The molecule has 0 amide bonds. The Labute approximate surface area is 126 Å². The largest absolute Gasteiger partial charge is 0.309 e. The first-order chi connectivity index (χ1) is 9.32. The van der Waals surface area contributed by atoms with Crippen molar-refractivity contribution in [3.05, 3.63) is 16.3 Å². The molecule has 6 heteroatoms. The lowest BCUT2D eigenvalue weighted by atomic mass is 10.0. The summed E-state index contributed by atoms with van der Waals surface area (Å²) in [5.41, 5.74) is -0.401. The third-order valence-electron chi connectivity index (χ3n) is 3.37. The Morgan fingerprint density at radius 3 is 2.70 bits per heavy atom. The molecule has 0 radical (unpaired) electrons. The second kappa shape index (κ2) is 6.13. The molecule has 0 atom stereocenters. The molecule has 1 aliphatic carbocycles. The van der Waals surface area contributed by atoms with Gasteiger partial charge in [0.25, 0.3) is 0 Å². The first-order valence-electron chi connectivity index (χ1n) is 7.17. The first kappa shape index (κ1) is 15.9. The van der Waals surface area contributed by atoms with Crippen LogP contribution in [0.1, 0.15) is 51.3 Å². The van der Waals surface area contributed by atoms with Gasteiger partial charge in [0.2, 0.25) is 10.0 Å². The highest BCUT2D eigenvalue weighted by molar-refractivity contribution is 7.89. The summed E-state index contributed by atoms with van der Waals surface area (Å²) >= 11 is 1.50. The third kappa shape index (κ3) is 4.55. The van der Waals surface area contributed by atoms with E-state index in [1.165, 1.54) is 24.2 Å². The molecule has 1 aromatic heterocycles. The van der Waals surface area contributed by atoms with Crippen molar-refractivity contribution in [2.45, 2.75) is 69.5 Å². The predicted molar refractivity (Wildman–Crippen MR) is 83.5 cm³/mol. The monoisotopic (exact) mass is 316 g/mol. The van der Waals surface area contributed by atoms with Crippen LogP contribution in [0.5, 0.6) is 0 Å². The summed E-state index contributed by atoms with van der Waals surface area (Å²) in [6.45, 7) is 6.68. The average molecular weight is 316 g/mol. The minimum atomic E-state index is -3.41. The van der Waals surface area contributed by atoms with Crippen LogP contribution in [0.15, 0.2) is 16.3 Å². The van der Waals surface area contributed by atoms with Gasteiger partial charge < -0.3 is 5.32 Å². The van der Waals surface area contributed by atoms with Gasteiger partial charge in [0.15, 0.2) is 0 Å². The average Bonchev–Trinajstić information content (AvgIpc) is 3.01. The van der Waals surface area contributed by atoms with Crippen molar-refractivity contribution in [2.24, 2.45) is 0 Å². The minimum absolute atomic E-state index is 0.388. The van der Waals surface area contributed by atoms with E-state index < -0.39 is 15.6 Å². The molecule has 0 aromatic carbocycles. The molecule has 1 fully saturated rings. The Kier molecular flexibility index (Phi) is 4.89. The molecule has 0 unspecified atom stereocenters. The normalized spacial score (nSPS) is 16.6. The van der Waals surface area contributed by atoms with Crippen molar-refractivity contribution < 1.29 is 8.42 Å². The lowest BCUT2D eigenvalue weighted by molar-refractivity contribution is 0.418. The molecule has 20 heavy (non-hydrogen) atoms. The van der Waals surface area contributed by atoms with Gasteiger partial charge in [0, 0.05) is 28.4 Å². The fourth-order valence-corrected chi connectivity index (χ4v) is 4.89. The van der Waals surface area contributed by atoms with E-state index >= 15 is 0 Å². The van der Waals surface area contributed by atoms with Crippen molar-refractivity contribution in [1.29, 1.82) is 0 Å². The molecule has 4 nitrogen and oxygen atoms in total. The van der Waals surface area contributed by atoms with Gasteiger partial charge in [-0.05, 0) is 39.2 Å². The van der Waals surface area contributed by atoms with Crippen LogP contribution in [-0.4, -0.2) is 20.0 Å². The van der Waals surface area contributed by atoms with E-state index in [0.29, 0.717) is 10.9 Å². The minimum Gasteiger partial charge on any atom is -0.309 e. The maximum Gasteiger partial charge on any atom is 0.241 e. The van der Waals surface area contributed by atoms with E-state index in [1.54, 1.807) is 11.4 Å². The molecule has 1 saturated carbocycles. The number of rotatable bonds is 8. The van der Waals surface area contributed by atoms with Crippen LogP contribution in [0.25, 0.3) is 0 Å². The molecule has 1 aromatic rings. The van der Waals surface area contributed by atoms with E-state index in [4.69, 9.17) is 0 Å². The molecular formula is C14H24N2O2S2. The molecular weight excluding hydrogens is 292 g/mol. The summed E-state index contributed by atoms with van der Waals surface area (Å²) in [6, 6.07) is 2.42. The van der Waals surface area contributed by atoms with Gasteiger partial charge in [-0.25, -0.2) is 13.1 Å². The predicted octanol–water partition coefficient (Wildman–Crippen LogP) is 2.86. The topological polar surface area (TPSA) is 58.2 Å². The molecule has 1 aliphatic rings. The van der Waals surface area contributed by atoms with Gasteiger partial charge in [0.1, 0.15) is 0 Å². The Balaban J connectivity index is 2.01. The van der Waals surface area contributed by atoms with Crippen molar-refractivity contribution in [3.8, 4) is 0 Å². The summed E-state index contributed by atoms with van der Waals surface area (Å²) in [6.07, 6.45) is 4.26. The quantitative estimate of drug-likeness (QED) is 0.775. The van der Waals surface area contributed by atoms with Crippen LogP contribution in [0, 0.1) is 0 Å². The molecule has 2 rings (SSSR count). The highest BCUT2D eigenvalue weighted by Crippen LogP contribution is 2.24. The van der Waals surface area contributed by atoms with Crippen LogP contribution in [0.2, 0.25) is 0 Å². The van der Waals surface area contributed by atoms with E-state index in [0.717, 1.165) is 24.3 Å². The van der Waals surface area contributed by atoms with Crippen LogP contribution in [-0.2, 0) is 16.6 Å². The summed E-state index contributed by atoms with van der Waals surface area (Å²) in [5, 5.41) is 5.13. The van der Waals surface area contributed by atoms with Crippen LogP contribution in [0.4, 0.5) is 0 Å². The van der Waals surface area contributed by atoms with E-state index in [1.807, 2.05) is 13.8 Å². The smallest absolute Gasteiger partial charge is 0.241 e. The van der Waals surface area contributed by atoms with Gasteiger partial charge >= 0.3 is 0 Å². The molecule has 2 N–H and O–H groups in total. The molecule has 0 spiro atoms. The fraction of sp³-hybridized carbons (Fsp3) is 0.714. The molecule has 1 heterocycles. The fourth-order valence-electron chi connectivity index (χ4n) is 2.23. The van der Waals surface area contributed by atoms with E-state index in [9.17, 15) is 8.42 Å². The number of hydrogen-bond donors (Lipinski definition) is 2. The Hall–Kier alpha value is -0.430. The van der Waals surface area contributed by atoms with Gasteiger partial charge in [0.05, 0.1) is 4.90 Å². The second-order valence-corrected chi connectivity index (χ2v) is 8.82. The standard InChI is InChI=1S/C14H24N2O2S2/c1-4-7-14(2,3)16-20(17,18)13-8-12(19-10-13)9-15-11-5-6-11/h8,10-11,15-16H,4-7,9H2,1-3H3. The Morgan fingerprint density at radius 1 is 1.40 bits per heavy atom. The van der Waals surface area contributed by atoms with Gasteiger partial charge in [-0.2, -0.15) is 0 Å². The van der Waals surface area contributed by atoms with Crippen LogP contribution >= 0.6 is 11.3 Å². The van der Waals surface area contributed by atoms with Crippen molar-refractivity contribution in [2.75, 3.05) is 0 Å². The lowest BCUT2D eigenvalue weighted by Crippen LogP contribution is -2.42. The van der Waals surface area contributed by atoms with Gasteiger partial charge in [-0.1, -0.05) is 13.3 Å². The highest BCUT2D eigenvalue weighted by atomic mass is 32.2. The van der Waals surface area contributed by atoms with Crippen LogP contribution < -0.4 is 10.0 Å². The van der Waals surface area contributed by atoms with E-state index in [-0.39, 0.29) is 0 Å². The first-order valence-corrected chi connectivity index (χ1v) is 9.53. The number of sulfonamides is 1. The number of thiophene rings is 1. The molecule has 0 saturated heterocycles. The SMILES string of the molecule is CCCC(C)(C)NS(=O)(=O)c1csc(CNC2CC2)c1. The van der Waals surface area contributed by atoms with E-state index in [2.05, 4.69) is 17.0 Å². The Bertz CT molecular complexity index is 545.